The first-order chi connectivity index (χ1) is 14.1. The summed E-state index contributed by atoms with van der Waals surface area (Å²) >= 11 is 0. The lowest BCUT2D eigenvalue weighted by Crippen LogP contribution is -2.24. The number of anilines is 1. The van der Waals surface area contributed by atoms with E-state index in [1.54, 1.807) is 24.2 Å². The van der Waals surface area contributed by atoms with E-state index in [1.165, 1.54) is 0 Å². The molecule has 0 bridgehead atoms. The number of nitrogens with zero attached hydrogens (tertiary/aromatic N) is 4. The van der Waals surface area contributed by atoms with Crippen molar-refractivity contribution in [2.45, 2.75) is 19.1 Å². The van der Waals surface area contributed by atoms with E-state index in [9.17, 15) is 4.79 Å². The molecule has 0 saturated carbocycles. The Hall–Kier alpha value is -3.19. The first-order valence-electron chi connectivity index (χ1n) is 9.73. The van der Waals surface area contributed by atoms with Gasteiger partial charge in [0.25, 0.3) is 5.91 Å². The molecule has 0 unspecified atom stereocenters. The van der Waals surface area contributed by atoms with Crippen LogP contribution in [0.15, 0.2) is 55.0 Å². The molecule has 0 radical (unpaired) electrons. The summed E-state index contributed by atoms with van der Waals surface area (Å²) < 4.78 is 7.16. The molecular weight excluding hydrogens is 366 g/mol. The normalized spacial score (nSPS) is 16.2. The maximum absolute atomic E-state index is 12.6. The fraction of sp³-hybridized carbons (Fsp3) is 0.318. The van der Waals surface area contributed by atoms with Gasteiger partial charge in [-0.2, -0.15) is 5.10 Å². The van der Waals surface area contributed by atoms with Gasteiger partial charge < -0.3 is 15.0 Å². The summed E-state index contributed by atoms with van der Waals surface area (Å²) in [6.45, 7) is 2.27. The number of ether oxygens (including phenoxy) is 1. The Morgan fingerprint density at radius 1 is 1.28 bits per heavy atom. The number of nitrogens with one attached hydrogen (secondary N) is 1. The first kappa shape index (κ1) is 19.1. The third-order valence-electron chi connectivity index (χ3n) is 5.28. The lowest BCUT2D eigenvalue weighted by molar-refractivity contribution is 0.0951. The fourth-order valence-electron chi connectivity index (χ4n) is 3.64. The summed E-state index contributed by atoms with van der Waals surface area (Å²) in [7, 11) is 3.62. The van der Waals surface area contributed by atoms with E-state index in [0.29, 0.717) is 12.1 Å². The minimum Gasteiger partial charge on any atom is -0.380 e. The number of benzene rings is 1. The van der Waals surface area contributed by atoms with Crippen LogP contribution < -0.4 is 10.2 Å². The predicted molar refractivity (Wildman–Crippen MR) is 112 cm³/mol. The fourth-order valence-corrected chi connectivity index (χ4v) is 3.64. The van der Waals surface area contributed by atoms with Crippen molar-refractivity contribution in [3.63, 3.8) is 0 Å². The van der Waals surface area contributed by atoms with Gasteiger partial charge in [-0.3, -0.25) is 14.5 Å². The molecule has 4 rings (SSSR count). The molecular formula is C22H25N5O2. The number of rotatable bonds is 6. The molecule has 2 aromatic heterocycles. The molecule has 1 atom stereocenters. The number of pyridine rings is 1. The van der Waals surface area contributed by atoms with Gasteiger partial charge in [0, 0.05) is 63.0 Å². The molecule has 1 N–H and O–H groups in total. The number of aromatic nitrogens is 3. The molecule has 7 nitrogen and oxygen atoms in total. The van der Waals surface area contributed by atoms with E-state index in [0.717, 1.165) is 42.0 Å². The van der Waals surface area contributed by atoms with E-state index in [1.807, 2.05) is 49.6 Å². The maximum Gasteiger partial charge on any atom is 0.251 e. The van der Waals surface area contributed by atoms with Gasteiger partial charge in [0.2, 0.25) is 0 Å². The van der Waals surface area contributed by atoms with Crippen LogP contribution in [-0.4, -0.2) is 47.0 Å². The number of amides is 1. The maximum atomic E-state index is 12.6. The zero-order chi connectivity index (χ0) is 20.2. The van der Waals surface area contributed by atoms with E-state index in [4.69, 9.17) is 4.74 Å². The average Bonchev–Trinajstić information content (AvgIpc) is 3.41. The van der Waals surface area contributed by atoms with Crippen molar-refractivity contribution in [3.8, 4) is 11.3 Å². The molecule has 0 spiro atoms. The van der Waals surface area contributed by atoms with Gasteiger partial charge in [-0.25, -0.2) is 0 Å². The van der Waals surface area contributed by atoms with Crippen molar-refractivity contribution < 1.29 is 9.53 Å². The largest absolute Gasteiger partial charge is 0.380 e. The summed E-state index contributed by atoms with van der Waals surface area (Å²) in [6.07, 6.45) is 6.76. The van der Waals surface area contributed by atoms with Crippen molar-refractivity contribution in [3.05, 3.63) is 66.1 Å². The molecule has 150 valence electrons. The molecule has 1 aliphatic heterocycles. The van der Waals surface area contributed by atoms with Crippen molar-refractivity contribution in [2.24, 2.45) is 7.05 Å². The monoisotopic (exact) mass is 391 g/mol. The SMILES string of the molecule is CO[C@@H]1CCN(c2ccc(C(=O)NCc3cccnc3-c3cnn(C)c3)cc2)C1. The van der Waals surface area contributed by atoms with Crippen LogP contribution in [0.4, 0.5) is 5.69 Å². The molecule has 1 aliphatic rings. The van der Waals surface area contributed by atoms with Gasteiger partial charge in [-0.15, -0.1) is 0 Å². The van der Waals surface area contributed by atoms with Gasteiger partial charge >= 0.3 is 0 Å². The van der Waals surface area contributed by atoms with E-state index in [-0.39, 0.29) is 12.0 Å². The molecule has 1 fully saturated rings. The van der Waals surface area contributed by atoms with Gasteiger partial charge in [-0.1, -0.05) is 6.07 Å². The van der Waals surface area contributed by atoms with Crippen molar-refractivity contribution in [2.75, 3.05) is 25.1 Å². The third-order valence-corrected chi connectivity index (χ3v) is 5.28. The summed E-state index contributed by atoms with van der Waals surface area (Å²) in [5, 5.41) is 7.20. The second kappa shape index (κ2) is 8.45. The molecule has 7 heteroatoms. The van der Waals surface area contributed by atoms with Crippen LogP contribution in [0.3, 0.4) is 0 Å². The molecule has 1 saturated heterocycles. The summed E-state index contributed by atoms with van der Waals surface area (Å²) in [6, 6.07) is 11.6. The molecule has 1 amide bonds. The smallest absolute Gasteiger partial charge is 0.251 e. The number of aryl methyl sites for hydroxylation is 1. The van der Waals surface area contributed by atoms with Gasteiger partial charge in [-0.05, 0) is 42.3 Å². The van der Waals surface area contributed by atoms with Crippen LogP contribution in [0, 0.1) is 0 Å². The summed E-state index contributed by atoms with van der Waals surface area (Å²) in [5.74, 6) is -0.103. The molecule has 3 aromatic rings. The molecule has 1 aromatic carbocycles. The topological polar surface area (TPSA) is 72.3 Å². The first-order valence-corrected chi connectivity index (χ1v) is 9.73. The third kappa shape index (κ3) is 4.30. The highest BCUT2D eigenvalue weighted by atomic mass is 16.5. The van der Waals surface area contributed by atoms with E-state index in [2.05, 4.69) is 20.3 Å². The summed E-state index contributed by atoms with van der Waals surface area (Å²) in [4.78, 5) is 19.4. The second-order valence-electron chi connectivity index (χ2n) is 7.24. The second-order valence-corrected chi connectivity index (χ2v) is 7.24. The number of methoxy groups -OCH3 is 1. The number of hydrogen-bond acceptors (Lipinski definition) is 5. The zero-order valence-electron chi connectivity index (χ0n) is 16.7. The van der Waals surface area contributed by atoms with Crippen LogP contribution in [0.25, 0.3) is 11.3 Å². The lowest BCUT2D eigenvalue weighted by atomic mass is 10.1. The average molecular weight is 391 g/mol. The highest BCUT2D eigenvalue weighted by molar-refractivity contribution is 5.94. The minimum absolute atomic E-state index is 0.103. The number of hydrogen-bond donors (Lipinski definition) is 1. The molecule has 0 aliphatic carbocycles. The van der Waals surface area contributed by atoms with Crippen molar-refractivity contribution in [1.82, 2.24) is 20.1 Å². The van der Waals surface area contributed by atoms with E-state index < -0.39 is 0 Å². The molecule has 29 heavy (non-hydrogen) atoms. The Morgan fingerprint density at radius 3 is 2.79 bits per heavy atom. The van der Waals surface area contributed by atoms with Gasteiger partial charge in [0.15, 0.2) is 0 Å². The van der Waals surface area contributed by atoms with Crippen LogP contribution in [-0.2, 0) is 18.3 Å². The Balaban J connectivity index is 1.41. The molecule has 3 heterocycles. The lowest BCUT2D eigenvalue weighted by Gasteiger charge is -2.18. The zero-order valence-corrected chi connectivity index (χ0v) is 16.7. The number of carbonyl (C=O) groups excluding carboxylic acids is 1. The van der Waals surface area contributed by atoms with Gasteiger partial charge in [0.05, 0.1) is 18.0 Å². The standard InChI is InChI=1S/C22H25N5O2/c1-26-14-18(13-25-26)21-17(4-3-10-23-21)12-24-22(28)16-5-7-19(8-6-16)27-11-9-20(15-27)29-2/h3-8,10,13-14,20H,9,11-12,15H2,1-2H3,(H,24,28)/t20-/m1/s1. The van der Waals surface area contributed by atoms with Crippen LogP contribution in [0.2, 0.25) is 0 Å². The summed E-state index contributed by atoms with van der Waals surface area (Å²) in [5.41, 5.74) is 4.48. The Morgan fingerprint density at radius 2 is 2.10 bits per heavy atom. The van der Waals surface area contributed by atoms with Crippen LogP contribution >= 0.6 is 0 Å². The Labute approximate surface area is 170 Å². The van der Waals surface area contributed by atoms with E-state index >= 15 is 0 Å². The van der Waals surface area contributed by atoms with Crippen LogP contribution in [0.5, 0.6) is 0 Å². The van der Waals surface area contributed by atoms with Crippen molar-refractivity contribution >= 4 is 11.6 Å². The highest BCUT2D eigenvalue weighted by Gasteiger charge is 2.22. The minimum atomic E-state index is -0.103. The Kier molecular flexibility index (Phi) is 5.57. The highest BCUT2D eigenvalue weighted by Crippen LogP contribution is 2.23. The Bertz CT molecular complexity index is 983. The number of carbonyl (C=O) groups is 1. The predicted octanol–water partition coefficient (Wildman–Crippen LogP) is 2.64. The quantitative estimate of drug-likeness (QED) is 0.699. The van der Waals surface area contributed by atoms with Crippen LogP contribution in [0.1, 0.15) is 22.3 Å². The van der Waals surface area contributed by atoms with Gasteiger partial charge in [0.1, 0.15) is 0 Å². The van der Waals surface area contributed by atoms with Crippen molar-refractivity contribution in [1.29, 1.82) is 0 Å².